The van der Waals surface area contributed by atoms with Crippen LogP contribution in [0.25, 0.3) is 10.9 Å². The fourth-order valence-corrected chi connectivity index (χ4v) is 5.54. The van der Waals surface area contributed by atoms with E-state index in [1.807, 2.05) is 42.3 Å². The molecule has 2 aliphatic rings. The second-order valence-corrected chi connectivity index (χ2v) is 9.87. The van der Waals surface area contributed by atoms with Gasteiger partial charge in [0, 0.05) is 69.2 Å². The number of hydrogen-bond acceptors (Lipinski definition) is 4. The normalized spacial score (nSPS) is 16.3. The van der Waals surface area contributed by atoms with Gasteiger partial charge >= 0.3 is 0 Å². The molecule has 1 atom stereocenters. The van der Waals surface area contributed by atoms with Gasteiger partial charge in [-0.15, -0.1) is 0 Å². The second kappa shape index (κ2) is 9.90. The number of amides is 1. The SMILES string of the molecule is Cn1cc(C(CC(=O)N2CCN(Cc3ccc4c(c3)OCO4)CC2)c2cccc(F)c2)c2ccccc21. The molecule has 190 valence electrons. The van der Waals surface area contributed by atoms with Crippen LogP contribution in [-0.2, 0) is 18.4 Å². The molecule has 1 unspecified atom stereocenters. The van der Waals surface area contributed by atoms with Crippen LogP contribution in [0.15, 0.2) is 72.9 Å². The maximum Gasteiger partial charge on any atom is 0.231 e. The molecular formula is C30H30FN3O3. The van der Waals surface area contributed by atoms with Crippen molar-refractivity contribution in [3.63, 3.8) is 0 Å². The highest BCUT2D eigenvalue weighted by Crippen LogP contribution is 2.36. The third kappa shape index (κ3) is 4.79. The Morgan fingerprint density at radius 2 is 1.76 bits per heavy atom. The predicted octanol–water partition coefficient (Wildman–Crippen LogP) is 4.91. The third-order valence-corrected chi connectivity index (χ3v) is 7.50. The summed E-state index contributed by atoms with van der Waals surface area (Å²) in [4.78, 5) is 17.9. The number of aromatic nitrogens is 1. The number of carbonyl (C=O) groups excluding carboxylic acids is 1. The summed E-state index contributed by atoms with van der Waals surface area (Å²) in [6.45, 7) is 4.04. The lowest BCUT2D eigenvalue weighted by molar-refractivity contribution is -0.133. The van der Waals surface area contributed by atoms with Crippen LogP contribution in [0.3, 0.4) is 0 Å². The van der Waals surface area contributed by atoms with Gasteiger partial charge in [-0.05, 0) is 47.0 Å². The molecule has 4 aromatic rings. The smallest absolute Gasteiger partial charge is 0.231 e. The number of piperazine rings is 1. The van der Waals surface area contributed by atoms with Gasteiger partial charge in [-0.3, -0.25) is 9.69 Å². The van der Waals surface area contributed by atoms with Crippen molar-refractivity contribution in [1.29, 1.82) is 0 Å². The summed E-state index contributed by atoms with van der Waals surface area (Å²) in [6.07, 6.45) is 2.39. The summed E-state index contributed by atoms with van der Waals surface area (Å²) in [7, 11) is 2.01. The van der Waals surface area contributed by atoms with Crippen molar-refractivity contribution in [1.82, 2.24) is 14.4 Å². The summed E-state index contributed by atoms with van der Waals surface area (Å²) in [5.41, 5.74) is 4.15. The first-order chi connectivity index (χ1) is 18.0. The van der Waals surface area contributed by atoms with Crippen LogP contribution >= 0.6 is 0 Å². The van der Waals surface area contributed by atoms with E-state index in [0.29, 0.717) is 19.5 Å². The first-order valence-corrected chi connectivity index (χ1v) is 12.7. The van der Waals surface area contributed by atoms with E-state index in [9.17, 15) is 9.18 Å². The van der Waals surface area contributed by atoms with Crippen molar-refractivity contribution in [2.45, 2.75) is 18.9 Å². The number of hydrogen-bond donors (Lipinski definition) is 0. The zero-order valence-corrected chi connectivity index (χ0v) is 20.9. The van der Waals surface area contributed by atoms with Gasteiger partial charge in [0.05, 0.1) is 0 Å². The average Bonchev–Trinajstić information content (AvgIpc) is 3.52. The maximum absolute atomic E-state index is 14.2. The molecule has 0 saturated carbocycles. The highest BCUT2D eigenvalue weighted by molar-refractivity contribution is 5.86. The Labute approximate surface area is 215 Å². The lowest BCUT2D eigenvalue weighted by Crippen LogP contribution is -2.48. The van der Waals surface area contributed by atoms with Crippen LogP contribution in [0.4, 0.5) is 4.39 Å². The van der Waals surface area contributed by atoms with Gasteiger partial charge < -0.3 is 18.9 Å². The van der Waals surface area contributed by atoms with Crippen LogP contribution in [0.1, 0.15) is 29.0 Å². The minimum atomic E-state index is -0.285. The summed E-state index contributed by atoms with van der Waals surface area (Å²) >= 11 is 0. The molecule has 0 spiro atoms. The molecule has 1 amide bonds. The number of ether oxygens (including phenoxy) is 2. The van der Waals surface area contributed by atoms with Crippen LogP contribution in [0, 0.1) is 5.82 Å². The molecule has 1 aromatic heterocycles. The van der Waals surface area contributed by atoms with Gasteiger partial charge in [0.1, 0.15) is 5.82 Å². The summed E-state index contributed by atoms with van der Waals surface area (Å²) in [5.74, 6) is 1.18. The second-order valence-electron chi connectivity index (χ2n) is 9.87. The Balaban J connectivity index is 1.17. The number of benzene rings is 3. The van der Waals surface area contributed by atoms with Crippen LogP contribution in [0.5, 0.6) is 11.5 Å². The standard InChI is InChI=1S/C30H30FN3O3/c1-32-19-26(24-7-2-3-8-27(24)32)25(22-5-4-6-23(31)16-22)17-30(35)34-13-11-33(12-14-34)18-21-9-10-28-29(15-21)37-20-36-28/h2-10,15-16,19,25H,11-14,17-18,20H2,1H3. The number of halogens is 1. The molecule has 1 saturated heterocycles. The van der Waals surface area contributed by atoms with E-state index in [-0.39, 0.29) is 24.4 Å². The quantitative estimate of drug-likeness (QED) is 0.378. The Morgan fingerprint density at radius 3 is 2.59 bits per heavy atom. The fraction of sp³-hybridized carbons (Fsp3) is 0.300. The molecule has 37 heavy (non-hydrogen) atoms. The molecule has 3 aromatic carbocycles. The predicted molar refractivity (Wildman–Crippen MR) is 140 cm³/mol. The number of nitrogens with zero attached hydrogens (tertiary/aromatic N) is 3. The molecule has 7 heteroatoms. The zero-order valence-electron chi connectivity index (χ0n) is 20.9. The number of para-hydroxylation sites is 1. The number of fused-ring (bicyclic) bond motifs is 2. The highest BCUT2D eigenvalue weighted by atomic mass is 19.1. The van der Waals surface area contributed by atoms with Crippen molar-refractivity contribution in [2.24, 2.45) is 7.05 Å². The molecule has 0 N–H and O–H groups in total. The molecule has 0 aliphatic carbocycles. The fourth-order valence-electron chi connectivity index (χ4n) is 5.54. The van der Waals surface area contributed by atoms with E-state index in [1.165, 1.54) is 11.6 Å². The largest absolute Gasteiger partial charge is 0.454 e. The van der Waals surface area contributed by atoms with Crippen LogP contribution < -0.4 is 9.47 Å². The van der Waals surface area contributed by atoms with Crippen molar-refractivity contribution in [3.8, 4) is 11.5 Å². The lowest BCUT2D eigenvalue weighted by Gasteiger charge is -2.35. The van der Waals surface area contributed by atoms with Gasteiger partial charge in [-0.1, -0.05) is 36.4 Å². The van der Waals surface area contributed by atoms with Crippen LogP contribution in [0.2, 0.25) is 0 Å². The van der Waals surface area contributed by atoms with Gasteiger partial charge in [0.15, 0.2) is 11.5 Å². The zero-order chi connectivity index (χ0) is 25.4. The van der Waals surface area contributed by atoms with Crippen molar-refractivity contribution < 1.29 is 18.7 Å². The first kappa shape index (κ1) is 23.6. The maximum atomic E-state index is 14.2. The molecule has 0 radical (unpaired) electrons. The molecule has 6 nitrogen and oxygen atoms in total. The number of rotatable bonds is 6. The van der Waals surface area contributed by atoms with Gasteiger partial charge in [-0.25, -0.2) is 4.39 Å². The summed E-state index contributed by atoms with van der Waals surface area (Å²) < 4.78 is 27.2. The van der Waals surface area contributed by atoms with Gasteiger partial charge in [-0.2, -0.15) is 0 Å². The van der Waals surface area contributed by atoms with E-state index in [1.54, 1.807) is 12.1 Å². The Morgan fingerprint density at radius 1 is 0.946 bits per heavy atom. The summed E-state index contributed by atoms with van der Waals surface area (Å²) in [5, 5.41) is 1.10. The topological polar surface area (TPSA) is 46.9 Å². The summed E-state index contributed by atoms with van der Waals surface area (Å²) in [6, 6.07) is 20.9. The van der Waals surface area contributed by atoms with E-state index >= 15 is 0 Å². The molecule has 0 bridgehead atoms. The van der Waals surface area contributed by atoms with Gasteiger partial charge in [0.2, 0.25) is 12.7 Å². The molecule has 3 heterocycles. The van der Waals surface area contributed by atoms with Crippen molar-refractivity contribution in [2.75, 3.05) is 33.0 Å². The van der Waals surface area contributed by atoms with Gasteiger partial charge in [0.25, 0.3) is 0 Å². The van der Waals surface area contributed by atoms with Crippen molar-refractivity contribution in [3.05, 3.63) is 95.4 Å². The molecule has 6 rings (SSSR count). The number of aryl methyl sites for hydroxylation is 1. The lowest BCUT2D eigenvalue weighted by atomic mass is 9.87. The molecule has 1 fully saturated rings. The Hall–Kier alpha value is -3.84. The average molecular weight is 500 g/mol. The van der Waals surface area contributed by atoms with Crippen LogP contribution in [-0.4, -0.2) is 53.2 Å². The van der Waals surface area contributed by atoms with Crippen molar-refractivity contribution >= 4 is 16.8 Å². The minimum absolute atomic E-state index is 0.102. The van der Waals surface area contributed by atoms with E-state index in [0.717, 1.165) is 53.2 Å². The minimum Gasteiger partial charge on any atom is -0.454 e. The Bertz CT molecular complexity index is 1440. The number of carbonyl (C=O) groups is 1. The van der Waals surface area contributed by atoms with E-state index in [2.05, 4.69) is 33.9 Å². The molecular weight excluding hydrogens is 469 g/mol. The third-order valence-electron chi connectivity index (χ3n) is 7.50. The Kier molecular flexibility index (Phi) is 6.30. The van der Waals surface area contributed by atoms with E-state index in [4.69, 9.17) is 9.47 Å². The monoisotopic (exact) mass is 499 g/mol. The molecule has 2 aliphatic heterocycles. The first-order valence-electron chi connectivity index (χ1n) is 12.7. The van der Waals surface area contributed by atoms with E-state index < -0.39 is 0 Å². The highest BCUT2D eigenvalue weighted by Gasteiger charge is 2.27.